The molecule has 1 aromatic carbocycles. The van der Waals surface area contributed by atoms with Crippen molar-refractivity contribution in [3.63, 3.8) is 0 Å². The molecule has 3 aromatic rings. The lowest BCUT2D eigenvalue weighted by Gasteiger charge is -2.44. The number of piperazine rings is 1. The molecule has 3 aliphatic rings. The second-order valence-electron chi connectivity index (χ2n) is 12.0. The topological polar surface area (TPSA) is 71.3 Å². The Balaban J connectivity index is 1.60. The minimum absolute atomic E-state index is 0.112. The van der Waals surface area contributed by atoms with Gasteiger partial charge in [0.05, 0.1) is 11.1 Å². The third-order valence-electron chi connectivity index (χ3n) is 8.89. The first-order valence-corrected chi connectivity index (χ1v) is 15.8. The van der Waals surface area contributed by atoms with Crippen molar-refractivity contribution < 1.29 is 26.7 Å². The number of aromatic nitrogens is 3. The number of carbonyl (C=O) groups is 1. The van der Waals surface area contributed by atoms with Crippen LogP contribution in [0.5, 0.6) is 0 Å². The number of thioether (sulfide) groups is 1. The molecule has 1 saturated heterocycles. The quantitative estimate of drug-likeness (QED) is 0.238. The van der Waals surface area contributed by atoms with Crippen LogP contribution in [0.4, 0.5) is 27.8 Å². The number of halogens is 5. The summed E-state index contributed by atoms with van der Waals surface area (Å²) in [6.07, 6.45) is -0.566. The second-order valence-corrected chi connectivity index (χ2v) is 13.0. The number of carbonyl (C=O) groups excluding carboxylic acids is 1. The average molecular weight is 646 g/mol. The number of allylic oxidation sites excluding steroid dienone is 2. The molecule has 0 unspecified atom stereocenters. The zero-order valence-electron chi connectivity index (χ0n) is 24.8. The van der Waals surface area contributed by atoms with Crippen molar-refractivity contribution in [3.8, 4) is 0 Å². The summed E-state index contributed by atoms with van der Waals surface area (Å²) in [5, 5.41) is 0.160. The normalized spacial score (nSPS) is 23.4. The molecule has 2 aromatic heterocycles. The van der Waals surface area contributed by atoms with Crippen LogP contribution >= 0.6 is 11.8 Å². The molecule has 0 bridgehead atoms. The monoisotopic (exact) mass is 645 g/mol. The molecular weight excluding hydrogens is 613 g/mol. The SMILES string of the molecule is C=CC(=O)N1[C@H](C)CN(c2nc(=O)n3c4c(c(C5=CCC(F)(F)CC5)c(C(F)(F)F)cc24)SC[C@@H](c2ccncc2)C3)C[C@@H]1C. The van der Waals surface area contributed by atoms with Crippen molar-refractivity contribution in [2.24, 2.45) is 0 Å². The Labute approximate surface area is 260 Å². The summed E-state index contributed by atoms with van der Waals surface area (Å²) in [4.78, 5) is 38.5. The Bertz CT molecular complexity index is 1740. The number of anilines is 1. The number of hydrogen-bond donors (Lipinski definition) is 0. The third kappa shape index (κ3) is 5.75. The zero-order valence-corrected chi connectivity index (χ0v) is 25.6. The van der Waals surface area contributed by atoms with Gasteiger partial charge < -0.3 is 9.80 Å². The van der Waals surface area contributed by atoms with E-state index in [-0.39, 0.29) is 77.2 Å². The van der Waals surface area contributed by atoms with Crippen LogP contribution in [0.3, 0.4) is 0 Å². The van der Waals surface area contributed by atoms with E-state index in [0.29, 0.717) is 11.3 Å². The molecule has 1 amide bonds. The van der Waals surface area contributed by atoms with Gasteiger partial charge in [-0.25, -0.2) is 13.6 Å². The Hall–Kier alpha value is -3.74. The van der Waals surface area contributed by atoms with E-state index >= 15 is 0 Å². The molecule has 45 heavy (non-hydrogen) atoms. The molecule has 1 aliphatic carbocycles. The van der Waals surface area contributed by atoms with Crippen molar-refractivity contribution in [1.82, 2.24) is 19.4 Å². The molecule has 13 heteroatoms. The highest BCUT2D eigenvalue weighted by molar-refractivity contribution is 7.99. The summed E-state index contributed by atoms with van der Waals surface area (Å²) < 4.78 is 74.6. The lowest BCUT2D eigenvalue weighted by Crippen LogP contribution is -2.58. The van der Waals surface area contributed by atoms with Gasteiger partial charge in [-0.3, -0.25) is 14.3 Å². The van der Waals surface area contributed by atoms with E-state index in [4.69, 9.17) is 0 Å². The Morgan fingerprint density at radius 3 is 2.42 bits per heavy atom. The van der Waals surface area contributed by atoms with Crippen LogP contribution in [0, 0.1) is 0 Å². The first-order valence-electron chi connectivity index (χ1n) is 14.8. The van der Waals surface area contributed by atoms with Gasteiger partial charge in [-0.05, 0) is 55.7 Å². The predicted molar refractivity (Wildman–Crippen MR) is 164 cm³/mol. The highest BCUT2D eigenvalue weighted by Gasteiger charge is 2.41. The van der Waals surface area contributed by atoms with Crippen LogP contribution in [0.25, 0.3) is 16.5 Å². The smallest absolute Gasteiger partial charge is 0.352 e. The molecule has 6 rings (SSSR count). The van der Waals surface area contributed by atoms with Crippen LogP contribution in [0.2, 0.25) is 0 Å². The lowest BCUT2D eigenvalue weighted by atomic mass is 9.87. The van der Waals surface area contributed by atoms with Crippen LogP contribution in [0.1, 0.15) is 55.7 Å². The van der Waals surface area contributed by atoms with E-state index in [1.54, 1.807) is 22.2 Å². The van der Waals surface area contributed by atoms with E-state index in [2.05, 4.69) is 16.5 Å². The maximum Gasteiger partial charge on any atom is 0.417 e. The van der Waals surface area contributed by atoms with Crippen LogP contribution in [0.15, 0.2) is 59.0 Å². The fraction of sp³-hybridized carbons (Fsp3) is 0.438. The lowest BCUT2D eigenvalue weighted by molar-refractivity contribution is -0.138. The third-order valence-corrected chi connectivity index (χ3v) is 10.1. The van der Waals surface area contributed by atoms with Gasteiger partial charge >= 0.3 is 11.9 Å². The molecule has 238 valence electrons. The highest BCUT2D eigenvalue weighted by atomic mass is 32.2. The largest absolute Gasteiger partial charge is 0.417 e. The molecule has 7 nitrogen and oxygen atoms in total. The van der Waals surface area contributed by atoms with E-state index in [1.165, 1.54) is 28.5 Å². The minimum atomic E-state index is -4.81. The van der Waals surface area contributed by atoms with Gasteiger partial charge in [0.1, 0.15) is 5.82 Å². The first-order chi connectivity index (χ1) is 21.3. The van der Waals surface area contributed by atoms with Crippen molar-refractivity contribution in [2.75, 3.05) is 23.7 Å². The minimum Gasteiger partial charge on any atom is -0.352 e. The van der Waals surface area contributed by atoms with Gasteiger partial charge in [0.2, 0.25) is 5.91 Å². The molecule has 1 fully saturated rings. The molecule has 0 N–H and O–H groups in total. The summed E-state index contributed by atoms with van der Waals surface area (Å²) in [6, 6.07) is 3.98. The molecule has 0 saturated carbocycles. The number of nitrogens with zero attached hydrogens (tertiary/aromatic N) is 5. The first kappa shape index (κ1) is 31.3. The number of rotatable bonds is 4. The fourth-order valence-corrected chi connectivity index (χ4v) is 8.25. The molecule has 0 spiro atoms. The summed E-state index contributed by atoms with van der Waals surface area (Å²) in [5.74, 6) is -3.04. The fourth-order valence-electron chi connectivity index (χ4n) is 6.84. The summed E-state index contributed by atoms with van der Waals surface area (Å²) in [6.45, 7) is 7.87. The summed E-state index contributed by atoms with van der Waals surface area (Å²) in [5.41, 5.74) is -0.298. The molecule has 2 aliphatic heterocycles. The van der Waals surface area contributed by atoms with Gasteiger partial charge in [0.25, 0.3) is 5.92 Å². The van der Waals surface area contributed by atoms with E-state index in [0.717, 1.165) is 11.6 Å². The van der Waals surface area contributed by atoms with Crippen molar-refractivity contribution in [3.05, 3.63) is 76.5 Å². The number of alkyl halides is 5. The van der Waals surface area contributed by atoms with Gasteiger partial charge in [-0.15, -0.1) is 11.8 Å². The van der Waals surface area contributed by atoms with Gasteiger partial charge in [0, 0.05) is 84.5 Å². The second kappa shape index (κ2) is 11.6. The number of benzene rings is 1. The van der Waals surface area contributed by atoms with Gasteiger partial charge in [0.15, 0.2) is 0 Å². The van der Waals surface area contributed by atoms with Crippen molar-refractivity contribution in [1.29, 1.82) is 0 Å². The Morgan fingerprint density at radius 2 is 1.82 bits per heavy atom. The number of pyridine rings is 1. The average Bonchev–Trinajstić information content (AvgIpc) is 3.19. The highest BCUT2D eigenvalue weighted by Crippen LogP contribution is 2.50. The van der Waals surface area contributed by atoms with E-state index in [9.17, 15) is 31.5 Å². The zero-order chi connectivity index (χ0) is 32.3. The standard InChI is InChI=1S/C32H32F5N5O2S/c1-4-25(43)42-18(2)14-40(15-19(42)3)29-23-13-24(32(35,36)37)26(21-5-9-31(33,34)10-6-21)28-27(23)41(30(44)39-29)16-22(17-45-28)20-7-11-38-12-8-20/h4-5,7-8,11-13,18-19,22H,1,6,9-10,14-17H2,2-3H3/t18-,19+,22-/m0/s1. The van der Waals surface area contributed by atoms with Crippen molar-refractivity contribution in [2.45, 2.75) is 74.7 Å². The van der Waals surface area contributed by atoms with Crippen LogP contribution in [-0.2, 0) is 17.5 Å². The summed E-state index contributed by atoms with van der Waals surface area (Å²) in [7, 11) is 0. The molecule has 4 heterocycles. The van der Waals surface area contributed by atoms with Gasteiger partial charge in [-0.2, -0.15) is 18.2 Å². The number of hydrogen-bond acceptors (Lipinski definition) is 6. The maximum atomic E-state index is 15.0. The molecule has 0 radical (unpaired) electrons. The summed E-state index contributed by atoms with van der Waals surface area (Å²) >= 11 is 1.21. The number of amides is 1. The van der Waals surface area contributed by atoms with Crippen LogP contribution < -0.4 is 10.6 Å². The predicted octanol–water partition coefficient (Wildman–Crippen LogP) is 6.51. The molecular formula is C32H32F5N5O2S. The molecule has 3 atom stereocenters. The van der Waals surface area contributed by atoms with Crippen molar-refractivity contribution >= 4 is 40.0 Å². The van der Waals surface area contributed by atoms with Gasteiger partial charge in [-0.1, -0.05) is 12.7 Å². The Kier molecular flexibility index (Phi) is 8.03. The van der Waals surface area contributed by atoms with E-state index < -0.39 is 36.2 Å². The van der Waals surface area contributed by atoms with Crippen LogP contribution in [-0.4, -0.2) is 62.2 Å². The maximum absolute atomic E-state index is 15.0. The Morgan fingerprint density at radius 1 is 1.13 bits per heavy atom. The van der Waals surface area contributed by atoms with E-state index in [1.807, 2.05) is 26.0 Å².